The predicted molar refractivity (Wildman–Crippen MR) is 84.0 cm³/mol. The largest absolute Gasteiger partial charge is 0.481 e. The molecule has 1 aliphatic heterocycles. The molecule has 0 bridgehead atoms. The lowest BCUT2D eigenvalue weighted by Gasteiger charge is -2.29. The Morgan fingerprint density at radius 3 is 2.09 bits per heavy atom. The normalized spacial score (nSPS) is 21.9. The molecule has 2 atom stereocenters. The molecule has 132 valence electrons. The first-order valence-corrected chi connectivity index (χ1v) is 8.62. The Bertz CT molecular complexity index is 419. The van der Waals surface area contributed by atoms with Crippen LogP contribution in [0.1, 0.15) is 77.6 Å². The summed E-state index contributed by atoms with van der Waals surface area (Å²) in [6, 6.07) is 0. The molecule has 0 amide bonds. The highest BCUT2D eigenvalue weighted by molar-refractivity contribution is 5.90. The molecule has 1 aliphatic rings. The van der Waals surface area contributed by atoms with Crippen molar-refractivity contribution in [2.45, 2.75) is 83.2 Å². The zero-order valence-electron chi connectivity index (χ0n) is 13.9. The Labute approximate surface area is 137 Å². The molecule has 0 aromatic rings. The molecule has 0 aliphatic carbocycles. The van der Waals surface area contributed by atoms with Crippen LogP contribution in [0.4, 0.5) is 0 Å². The van der Waals surface area contributed by atoms with Gasteiger partial charge >= 0.3 is 17.9 Å². The SMILES string of the molecule is CCCCCCCCCC[C@H](C(=O)O)[C@@]1(C(=O)O)CCC(=O)O1. The third kappa shape index (κ3) is 5.52. The number of carboxylic acids is 2. The van der Waals surface area contributed by atoms with Gasteiger partial charge in [0.1, 0.15) is 5.92 Å². The van der Waals surface area contributed by atoms with Crippen LogP contribution < -0.4 is 0 Å². The van der Waals surface area contributed by atoms with Crippen molar-refractivity contribution < 1.29 is 29.3 Å². The Kier molecular flexibility index (Phi) is 8.06. The second-order valence-corrected chi connectivity index (χ2v) is 6.32. The van der Waals surface area contributed by atoms with E-state index in [4.69, 9.17) is 4.74 Å². The van der Waals surface area contributed by atoms with Gasteiger partial charge in [0.05, 0.1) is 0 Å². The number of carboxylic acid groups (broad SMARTS) is 2. The van der Waals surface area contributed by atoms with Crippen molar-refractivity contribution in [1.29, 1.82) is 0 Å². The van der Waals surface area contributed by atoms with E-state index in [2.05, 4.69) is 6.92 Å². The average molecular weight is 328 g/mol. The van der Waals surface area contributed by atoms with Gasteiger partial charge in [-0.25, -0.2) is 4.79 Å². The van der Waals surface area contributed by atoms with Crippen molar-refractivity contribution >= 4 is 17.9 Å². The molecule has 0 saturated carbocycles. The van der Waals surface area contributed by atoms with Gasteiger partial charge in [-0.3, -0.25) is 9.59 Å². The van der Waals surface area contributed by atoms with Crippen molar-refractivity contribution in [3.05, 3.63) is 0 Å². The van der Waals surface area contributed by atoms with Crippen LogP contribution >= 0.6 is 0 Å². The van der Waals surface area contributed by atoms with Gasteiger partial charge in [-0.15, -0.1) is 0 Å². The van der Waals surface area contributed by atoms with Crippen molar-refractivity contribution in [2.75, 3.05) is 0 Å². The van der Waals surface area contributed by atoms with Gasteiger partial charge in [0.25, 0.3) is 0 Å². The lowest BCUT2D eigenvalue weighted by atomic mass is 9.81. The number of esters is 1. The number of rotatable bonds is 12. The van der Waals surface area contributed by atoms with Crippen molar-refractivity contribution in [3.63, 3.8) is 0 Å². The minimum Gasteiger partial charge on any atom is -0.481 e. The Morgan fingerprint density at radius 1 is 1.09 bits per heavy atom. The van der Waals surface area contributed by atoms with E-state index in [1.54, 1.807) is 0 Å². The molecule has 2 N–H and O–H groups in total. The summed E-state index contributed by atoms with van der Waals surface area (Å²) >= 11 is 0. The van der Waals surface area contributed by atoms with E-state index >= 15 is 0 Å². The van der Waals surface area contributed by atoms with Gasteiger partial charge in [-0.1, -0.05) is 58.3 Å². The van der Waals surface area contributed by atoms with Crippen LogP contribution in [-0.2, 0) is 19.1 Å². The lowest BCUT2D eigenvalue weighted by Crippen LogP contribution is -2.49. The minimum absolute atomic E-state index is 0.0342. The van der Waals surface area contributed by atoms with Gasteiger partial charge in [0, 0.05) is 12.8 Å². The maximum atomic E-state index is 11.5. The van der Waals surface area contributed by atoms with E-state index in [0.29, 0.717) is 6.42 Å². The second-order valence-electron chi connectivity index (χ2n) is 6.32. The highest BCUT2D eigenvalue weighted by Crippen LogP contribution is 2.37. The summed E-state index contributed by atoms with van der Waals surface area (Å²) < 4.78 is 4.94. The monoisotopic (exact) mass is 328 g/mol. The van der Waals surface area contributed by atoms with Crippen LogP contribution in [0.2, 0.25) is 0 Å². The summed E-state index contributed by atoms with van der Waals surface area (Å²) in [6.45, 7) is 2.17. The Balaban J connectivity index is 2.44. The predicted octanol–water partition coefficient (Wildman–Crippen LogP) is 3.38. The first kappa shape index (κ1) is 19.5. The molecule has 1 fully saturated rings. The molecule has 1 heterocycles. The van der Waals surface area contributed by atoms with Crippen molar-refractivity contribution in [2.24, 2.45) is 5.92 Å². The van der Waals surface area contributed by atoms with Gasteiger partial charge in [0.15, 0.2) is 0 Å². The zero-order valence-corrected chi connectivity index (χ0v) is 13.9. The molecule has 0 radical (unpaired) electrons. The fraction of sp³-hybridized carbons (Fsp3) is 0.824. The first-order valence-electron chi connectivity index (χ1n) is 8.62. The number of hydrogen-bond donors (Lipinski definition) is 2. The molecule has 0 spiro atoms. The van der Waals surface area contributed by atoms with E-state index in [1.165, 1.54) is 25.7 Å². The highest BCUT2D eigenvalue weighted by Gasteiger charge is 2.56. The molecule has 1 saturated heterocycles. The topological polar surface area (TPSA) is 101 Å². The highest BCUT2D eigenvalue weighted by atomic mass is 16.6. The van der Waals surface area contributed by atoms with Crippen LogP contribution in [0.5, 0.6) is 0 Å². The summed E-state index contributed by atoms with van der Waals surface area (Å²) in [6.07, 6.45) is 8.65. The van der Waals surface area contributed by atoms with Gasteiger partial charge in [0.2, 0.25) is 5.60 Å². The number of carbonyl (C=O) groups excluding carboxylic acids is 1. The molecule has 0 aromatic heterocycles. The van der Waals surface area contributed by atoms with Crippen LogP contribution in [0.3, 0.4) is 0 Å². The summed E-state index contributed by atoms with van der Waals surface area (Å²) in [5.74, 6) is -4.36. The quantitative estimate of drug-likeness (QED) is 0.421. The van der Waals surface area contributed by atoms with Crippen molar-refractivity contribution in [1.82, 2.24) is 0 Å². The number of cyclic esters (lactones) is 1. The number of aliphatic carboxylic acids is 2. The Morgan fingerprint density at radius 2 is 1.65 bits per heavy atom. The molecule has 6 heteroatoms. The molecular weight excluding hydrogens is 300 g/mol. The van der Waals surface area contributed by atoms with Crippen LogP contribution in [-0.4, -0.2) is 33.7 Å². The van der Waals surface area contributed by atoms with Crippen LogP contribution in [0.15, 0.2) is 0 Å². The maximum absolute atomic E-state index is 11.5. The molecular formula is C17H28O6. The zero-order chi connectivity index (χ0) is 17.3. The molecule has 1 rings (SSSR count). The summed E-state index contributed by atoms with van der Waals surface area (Å²) in [7, 11) is 0. The third-order valence-corrected chi connectivity index (χ3v) is 4.57. The third-order valence-electron chi connectivity index (χ3n) is 4.57. The van der Waals surface area contributed by atoms with E-state index < -0.39 is 29.4 Å². The smallest absolute Gasteiger partial charge is 0.349 e. The first-order chi connectivity index (χ1) is 10.9. The standard InChI is InChI=1S/C17H28O6/c1-2-3-4-5-6-7-8-9-10-13(15(19)20)17(16(21)22)12-11-14(18)23-17/h13H,2-12H2,1H3,(H,19,20)(H,21,22)/t13-,17-/m1/s1. The number of hydrogen-bond acceptors (Lipinski definition) is 4. The van der Waals surface area contributed by atoms with Gasteiger partial charge in [-0.2, -0.15) is 0 Å². The molecule has 0 aromatic carbocycles. The van der Waals surface area contributed by atoms with Crippen molar-refractivity contribution in [3.8, 4) is 0 Å². The van der Waals surface area contributed by atoms with Gasteiger partial charge in [-0.05, 0) is 6.42 Å². The molecule has 0 unspecified atom stereocenters. The van der Waals surface area contributed by atoms with E-state index in [-0.39, 0.29) is 19.3 Å². The number of unbranched alkanes of at least 4 members (excludes halogenated alkanes) is 7. The lowest BCUT2D eigenvalue weighted by molar-refractivity contribution is -0.182. The Hall–Kier alpha value is -1.59. The molecule has 6 nitrogen and oxygen atoms in total. The van der Waals surface area contributed by atoms with E-state index in [1.807, 2.05) is 0 Å². The van der Waals surface area contributed by atoms with Gasteiger partial charge < -0.3 is 14.9 Å². The summed E-state index contributed by atoms with van der Waals surface area (Å²) in [4.78, 5) is 34.3. The fourth-order valence-corrected chi connectivity index (χ4v) is 3.18. The number of ether oxygens (including phenoxy) is 1. The van der Waals surface area contributed by atoms with E-state index in [9.17, 15) is 24.6 Å². The van der Waals surface area contributed by atoms with E-state index in [0.717, 1.165) is 19.3 Å². The number of carbonyl (C=O) groups is 3. The van der Waals surface area contributed by atoms with Crippen LogP contribution in [0.25, 0.3) is 0 Å². The molecule has 23 heavy (non-hydrogen) atoms. The maximum Gasteiger partial charge on any atom is 0.349 e. The second kappa shape index (κ2) is 9.53. The summed E-state index contributed by atoms with van der Waals surface area (Å²) in [5.41, 5.74) is -1.88. The summed E-state index contributed by atoms with van der Waals surface area (Å²) in [5, 5.41) is 18.8. The van der Waals surface area contributed by atoms with Crippen LogP contribution in [0, 0.1) is 5.92 Å². The minimum atomic E-state index is -1.88. The fourth-order valence-electron chi connectivity index (χ4n) is 3.18. The average Bonchev–Trinajstić information content (AvgIpc) is 2.88.